The van der Waals surface area contributed by atoms with Crippen LogP contribution in [-0.2, 0) is 28.2 Å². The SMILES string of the molecule is CCCCCC/C=C/CCCCCCCCCC(=O)O[C@H](COC(=O)CCCCCCCCCCCCCCCCC)COP(=O)(O)O. The first kappa shape index (κ1) is 46.8. The van der Waals surface area contributed by atoms with Gasteiger partial charge in [-0.1, -0.05) is 167 Å². The van der Waals surface area contributed by atoms with Crippen LogP contribution in [0, 0.1) is 0 Å². The van der Waals surface area contributed by atoms with Crippen LogP contribution in [0.2, 0.25) is 0 Å². The van der Waals surface area contributed by atoms with Crippen LogP contribution in [0.4, 0.5) is 0 Å². The molecule has 0 saturated carbocycles. The Labute approximate surface area is 295 Å². The number of allylic oxidation sites excluding steroid dienone is 2. The van der Waals surface area contributed by atoms with Gasteiger partial charge in [-0.25, -0.2) is 4.57 Å². The van der Waals surface area contributed by atoms with Crippen molar-refractivity contribution in [3.8, 4) is 0 Å². The van der Waals surface area contributed by atoms with Gasteiger partial charge in [0.2, 0.25) is 0 Å². The van der Waals surface area contributed by atoms with E-state index in [-0.39, 0.29) is 19.4 Å². The molecule has 0 aromatic rings. The first-order valence-corrected chi connectivity index (χ1v) is 21.5. The molecule has 0 heterocycles. The second kappa shape index (κ2) is 35.6. The highest BCUT2D eigenvalue weighted by Gasteiger charge is 2.22. The standard InChI is InChI=1S/C39H75O8P/c1-3-5-7-9-11-13-15-17-19-21-23-25-27-29-31-33-38(40)45-35-37(36-46-48(42,43)44)47-39(41)34-32-30-28-26-24-22-20-18-16-14-12-10-8-6-4-2/h14,16,37H,3-13,15,17-36H2,1-2H3,(H2,42,43,44)/b16-14+/t37-/m1/s1. The minimum Gasteiger partial charge on any atom is -0.462 e. The first-order chi connectivity index (χ1) is 23.3. The zero-order chi connectivity index (χ0) is 35.4. The molecular weight excluding hydrogens is 627 g/mol. The molecule has 2 N–H and O–H groups in total. The van der Waals surface area contributed by atoms with Crippen molar-refractivity contribution in [3.63, 3.8) is 0 Å². The van der Waals surface area contributed by atoms with E-state index < -0.39 is 32.5 Å². The largest absolute Gasteiger partial charge is 0.469 e. The molecular formula is C39H75O8P. The molecule has 0 bridgehead atoms. The van der Waals surface area contributed by atoms with Crippen molar-refractivity contribution in [3.05, 3.63) is 12.2 Å². The minimum absolute atomic E-state index is 0.211. The Morgan fingerprint density at radius 3 is 1.29 bits per heavy atom. The molecule has 1 atom stereocenters. The van der Waals surface area contributed by atoms with Gasteiger partial charge in [0.1, 0.15) is 6.61 Å². The third-order valence-electron chi connectivity index (χ3n) is 8.78. The highest BCUT2D eigenvalue weighted by atomic mass is 31.2. The van der Waals surface area contributed by atoms with Gasteiger partial charge in [-0.2, -0.15) is 0 Å². The predicted octanol–water partition coefficient (Wildman–Crippen LogP) is 11.8. The van der Waals surface area contributed by atoms with Crippen LogP contribution in [0.25, 0.3) is 0 Å². The fourth-order valence-corrected chi connectivity index (χ4v) is 6.14. The molecule has 8 nitrogen and oxygen atoms in total. The predicted molar refractivity (Wildman–Crippen MR) is 198 cm³/mol. The number of ether oxygens (including phenoxy) is 2. The van der Waals surface area contributed by atoms with Crippen molar-refractivity contribution in [1.29, 1.82) is 0 Å². The summed E-state index contributed by atoms with van der Waals surface area (Å²) in [5.74, 6) is -0.880. The Kier molecular flexibility index (Phi) is 34.7. The van der Waals surface area contributed by atoms with Crippen LogP contribution in [0.15, 0.2) is 12.2 Å². The second-order valence-electron chi connectivity index (χ2n) is 13.6. The maximum Gasteiger partial charge on any atom is 0.469 e. The Bertz CT molecular complexity index is 797. The van der Waals surface area contributed by atoms with Gasteiger partial charge in [-0.15, -0.1) is 0 Å². The van der Waals surface area contributed by atoms with Crippen molar-refractivity contribution < 1.29 is 37.9 Å². The van der Waals surface area contributed by atoms with Crippen LogP contribution < -0.4 is 0 Å². The zero-order valence-corrected chi connectivity index (χ0v) is 32.0. The van der Waals surface area contributed by atoms with E-state index in [0.717, 1.165) is 44.9 Å². The van der Waals surface area contributed by atoms with Crippen LogP contribution in [0.5, 0.6) is 0 Å². The molecule has 0 fully saturated rings. The maximum absolute atomic E-state index is 12.4. The highest BCUT2D eigenvalue weighted by molar-refractivity contribution is 7.46. The number of esters is 2. The van der Waals surface area contributed by atoms with Gasteiger partial charge in [0.05, 0.1) is 6.61 Å². The van der Waals surface area contributed by atoms with Crippen molar-refractivity contribution in [2.75, 3.05) is 13.2 Å². The molecule has 0 unspecified atom stereocenters. The molecule has 0 radical (unpaired) electrons. The fourth-order valence-electron chi connectivity index (χ4n) is 5.78. The zero-order valence-electron chi connectivity index (χ0n) is 31.2. The van der Waals surface area contributed by atoms with Crippen LogP contribution >= 0.6 is 7.82 Å². The number of phosphoric acid groups is 1. The monoisotopic (exact) mass is 703 g/mol. The molecule has 0 spiro atoms. The van der Waals surface area contributed by atoms with E-state index in [1.54, 1.807) is 0 Å². The van der Waals surface area contributed by atoms with Crippen LogP contribution in [0.3, 0.4) is 0 Å². The number of phosphoric ester groups is 1. The maximum atomic E-state index is 12.4. The first-order valence-electron chi connectivity index (χ1n) is 20.0. The summed E-state index contributed by atoms with van der Waals surface area (Å²) in [7, 11) is -4.75. The molecule has 0 aromatic carbocycles. The van der Waals surface area contributed by atoms with Crippen molar-refractivity contribution in [2.45, 2.75) is 213 Å². The summed E-state index contributed by atoms with van der Waals surface area (Å²) in [6, 6.07) is 0. The van der Waals surface area contributed by atoms with Crippen molar-refractivity contribution in [2.24, 2.45) is 0 Å². The van der Waals surface area contributed by atoms with Gasteiger partial charge in [-0.05, 0) is 38.5 Å². The minimum atomic E-state index is -4.75. The van der Waals surface area contributed by atoms with E-state index >= 15 is 0 Å². The van der Waals surface area contributed by atoms with Crippen LogP contribution in [0.1, 0.15) is 206 Å². The third kappa shape index (κ3) is 37.6. The summed E-state index contributed by atoms with van der Waals surface area (Å²) in [5, 5.41) is 0. The lowest BCUT2D eigenvalue weighted by Gasteiger charge is -2.18. The number of hydrogen-bond acceptors (Lipinski definition) is 6. The molecule has 0 aromatic heterocycles. The summed E-state index contributed by atoms with van der Waals surface area (Å²) in [4.78, 5) is 42.7. The Hall–Kier alpha value is -1.21. The quantitative estimate of drug-likeness (QED) is 0.0284. The van der Waals surface area contributed by atoms with E-state index in [1.165, 1.54) is 128 Å². The van der Waals surface area contributed by atoms with Gasteiger partial charge in [0.15, 0.2) is 6.10 Å². The summed E-state index contributed by atoms with van der Waals surface area (Å²) < 4.78 is 26.3. The summed E-state index contributed by atoms with van der Waals surface area (Å²) in [6.07, 6.45) is 37.8. The van der Waals surface area contributed by atoms with Gasteiger partial charge < -0.3 is 19.3 Å². The smallest absolute Gasteiger partial charge is 0.462 e. The summed E-state index contributed by atoms with van der Waals surface area (Å²) in [6.45, 7) is 3.68. The normalized spacial score (nSPS) is 12.5. The lowest BCUT2D eigenvalue weighted by Crippen LogP contribution is -2.29. The second-order valence-corrected chi connectivity index (χ2v) is 14.9. The molecule has 284 valence electrons. The Morgan fingerprint density at radius 1 is 0.521 bits per heavy atom. The lowest BCUT2D eigenvalue weighted by molar-refractivity contribution is -0.161. The molecule has 0 aliphatic carbocycles. The summed E-state index contributed by atoms with van der Waals surface area (Å²) in [5.41, 5.74) is 0. The number of unbranched alkanes of at least 4 members (excludes halogenated alkanes) is 25. The molecule has 0 saturated heterocycles. The number of carbonyl (C=O) groups excluding carboxylic acids is 2. The van der Waals surface area contributed by atoms with Crippen molar-refractivity contribution in [1.82, 2.24) is 0 Å². The molecule has 0 rings (SSSR count). The fraction of sp³-hybridized carbons (Fsp3) is 0.897. The van der Waals surface area contributed by atoms with E-state index in [1.807, 2.05) is 0 Å². The van der Waals surface area contributed by atoms with Crippen LogP contribution in [-0.4, -0.2) is 41.0 Å². The van der Waals surface area contributed by atoms with E-state index in [2.05, 4.69) is 30.5 Å². The topological polar surface area (TPSA) is 119 Å². The molecule has 0 amide bonds. The van der Waals surface area contributed by atoms with E-state index in [9.17, 15) is 14.2 Å². The van der Waals surface area contributed by atoms with Gasteiger partial charge in [0.25, 0.3) is 0 Å². The number of carbonyl (C=O) groups is 2. The van der Waals surface area contributed by atoms with Gasteiger partial charge in [0, 0.05) is 12.8 Å². The van der Waals surface area contributed by atoms with E-state index in [4.69, 9.17) is 19.3 Å². The number of hydrogen-bond donors (Lipinski definition) is 2. The van der Waals surface area contributed by atoms with Gasteiger partial charge >= 0.3 is 19.8 Å². The van der Waals surface area contributed by atoms with E-state index in [0.29, 0.717) is 6.42 Å². The summed E-state index contributed by atoms with van der Waals surface area (Å²) >= 11 is 0. The Balaban J connectivity index is 3.91. The van der Waals surface area contributed by atoms with Crippen molar-refractivity contribution >= 4 is 19.8 Å². The molecule has 9 heteroatoms. The van der Waals surface area contributed by atoms with Gasteiger partial charge in [-0.3, -0.25) is 14.1 Å². The number of rotatable bonds is 37. The molecule has 48 heavy (non-hydrogen) atoms. The highest BCUT2D eigenvalue weighted by Crippen LogP contribution is 2.36. The molecule has 0 aliphatic heterocycles. The Morgan fingerprint density at radius 2 is 0.875 bits per heavy atom. The average Bonchev–Trinajstić information content (AvgIpc) is 3.05. The lowest BCUT2D eigenvalue weighted by atomic mass is 10.0. The molecule has 0 aliphatic rings. The average molecular weight is 703 g/mol. The third-order valence-corrected chi connectivity index (χ3v) is 9.27.